The number of rotatable bonds is 5. The zero-order chi connectivity index (χ0) is 12.3. The molecule has 1 saturated heterocycles. The highest BCUT2D eigenvalue weighted by Gasteiger charge is 2.41. The van der Waals surface area contributed by atoms with Crippen LogP contribution in [0.2, 0.25) is 0 Å². The molecule has 0 aromatic carbocycles. The van der Waals surface area contributed by atoms with Gasteiger partial charge in [-0.1, -0.05) is 0 Å². The average Bonchev–Trinajstić information content (AvgIpc) is 2.87. The summed E-state index contributed by atoms with van der Waals surface area (Å²) >= 11 is 0. The molecule has 17 heavy (non-hydrogen) atoms. The molecule has 1 aliphatic heterocycles. The van der Waals surface area contributed by atoms with Crippen molar-refractivity contribution < 1.29 is 9.90 Å². The lowest BCUT2D eigenvalue weighted by Gasteiger charge is -2.17. The summed E-state index contributed by atoms with van der Waals surface area (Å²) in [5, 5.41) is 9.80. The van der Waals surface area contributed by atoms with Gasteiger partial charge >= 0.3 is 0 Å². The van der Waals surface area contributed by atoms with Crippen molar-refractivity contribution >= 4 is 5.91 Å². The first-order chi connectivity index (χ1) is 8.20. The molecule has 5 nitrogen and oxygen atoms in total. The summed E-state index contributed by atoms with van der Waals surface area (Å²) in [7, 11) is 0. The molecule has 5 heteroatoms. The summed E-state index contributed by atoms with van der Waals surface area (Å²) in [6, 6.07) is 0. The van der Waals surface area contributed by atoms with E-state index in [1.165, 1.54) is 6.42 Å². The Bertz CT molecular complexity index is 272. The highest BCUT2D eigenvalue weighted by molar-refractivity contribution is 5.75. The number of hydrazine groups is 1. The van der Waals surface area contributed by atoms with E-state index in [0.717, 1.165) is 38.9 Å². The van der Waals surface area contributed by atoms with E-state index in [9.17, 15) is 9.90 Å². The van der Waals surface area contributed by atoms with Gasteiger partial charge in [0, 0.05) is 25.4 Å². The summed E-state index contributed by atoms with van der Waals surface area (Å²) in [5.41, 5.74) is 2.15. The normalized spacial score (nSPS) is 32.7. The number of nitrogens with zero attached hydrogens (tertiary/aromatic N) is 1. The minimum atomic E-state index is -0.0845. The molecule has 0 aromatic rings. The molecule has 0 aromatic heterocycles. The maximum atomic E-state index is 10.9. The van der Waals surface area contributed by atoms with Crippen molar-refractivity contribution in [2.24, 2.45) is 17.7 Å². The molecule has 3 atom stereocenters. The number of aliphatic hydroxyl groups is 1. The van der Waals surface area contributed by atoms with Crippen LogP contribution >= 0.6 is 0 Å². The number of carbonyl (C=O) groups is 1. The maximum Gasteiger partial charge on any atom is 0.233 e. The van der Waals surface area contributed by atoms with E-state index in [-0.39, 0.29) is 12.0 Å². The molecule has 3 unspecified atom stereocenters. The SMILES string of the molecule is NNC(=O)CCCCN1CC2CCC(O)C2C1. The summed E-state index contributed by atoms with van der Waals surface area (Å²) in [6.45, 7) is 3.21. The number of nitrogens with one attached hydrogen (secondary N) is 1. The Balaban J connectivity index is 1.61. The van der Waals surface area contributed by atoms with E-state index >= 15 is 0 Å². The van der Waals surface area contributed by atoms with Gasteiger partial charge in [-0.3, -0.25) is 10.2 Å². The number of amides is 1. The Morgan fingerprint density at radius 2 is 2.18 bits per heavy atom. The molecule has 2 fully saturated rings. The fraction of sp³-hybridized carbons (Fsp3) is 0.917. The number of hydrogen-bond acceptors (Lipinski definition) is 4. The summed E-state index contributed by atoms with van der Waals surface area (Å²) in [6.07, 6.45) is 4.52. The molecule has 98 valence electrons. The zero-order valence-corrected chi connectivity index (χ0v) is 10.3. The maximum absolute atomic E-state index is 10.9. The molecule has 0 bridgehead atoms. The van der Waals surface area contributed by atoms with Crippen LogP contribution < -0.4 is 11.3 Å². The van der Waals surface area contributed by atoms with E-state index in [0.29, 0.717) is 18.3 Å². The molecular weight excluding hydrogens is 218 g/mol. The van der Waals surface area contributed by atoms with E-state index in [1.807, 2.05) is 0 Å². The van der Waals surface area contributed by atoms with Crippen molar-refractivity contribution in [3.8, 4) is 0 Å². The third-order valence-electron chi connectivity index (χ3n) is 4.18. The predicted molar refractivity (Wildman–Crippen MR) is 64.8 cm³/mol. The topological polar surface area (TPSA) is 78.6 Å². The van der Waals surface area contributed by atoms with Crippen LogP contribution in [0.25, 0.3) is 0 Å². The minimum Gasteiger partial charge on any atom is -0.393 e. The highest BCUT2D eigenvalue weighted by atomic mass is 16.3. The lowest BCUT2D eigenvalue weighted by molar-refractivity contribution is -0.121. The molecule has 1 aliphatic carbocycles. The van der Waals surface area contributed by atoms with Crippen LogP contribution in [0.5, 0.6) is 0 Å². The third kappa shape index (κ3) is 3.18. The molecule has 0 spiro atoms. The molecule has 1 amide bonds. The largest absolute Gasteiger partial charge is 0.393 e. The van der Waals surface area contributed by atoms with Gasteiger partial charge in [-0.25, -0.2) is 5.84 Å². The second kappa shape index (κ2) is 5.80. The van der Waals surface area contributed by atoms with Crippen LogP contribution in [0.1, 0.15) is 32.1 Å². The van der Waals surface area contributed by atoms with Crippen LogP contribution in [0, 0.1) is 11.8 Å². The second-order valence-corrected chi connectivity index (χ2v) is 5.35. The molecule has 1 saturated carbocycles. The van der Waals surface area contributed by atoms with Gasteiger partial charge in [-0.2, -0.15) is 0 Å². The number of likely N-dealkylation sites (tertiary alicyclic amines) is 1. The van der Waals surface area contributed by atoms with Crippen molar-refractivity contribution in [2.75, 3.05) is 19.6 Å². The van der Waals surface area contributed by atoms with Crippen molar-refractivity contribution in [3.63, 3.8) is 0 Å². The van der Waals surface area contributed by atoms with Crippen LogP contribution in [0.3, 0.4) is 0 Å². The quantitative estimate of drug-likeness (QED) is 0.271. The lowest BCUT2D eigenvalue weighted by Crippen LogP contribution is -2.30. The number of unbranched alkanes of at least 4 members (excludes halogenated alkanes) is 1. The first-order valence-electron chi connectivity index (χ1n) is 6.60. The molecule has 2 aliphatic rings. The van der Waals surface area contributed by atoms with Gasteiger partial charge in [-0.15, -0.1) is 0 Å². The minimum absolute atomic E-state index is 0.0759. The number of carbonyl (C=O) groups excluding carboxylic acids is 1. The van der Waals surface area contributed by atoms with E-state index in [4.69, 9.17) is 5.84 Å². The number of fused-ring (bicyclic) bond motifs is 1. The number of hydrogen-bond donors (Lipinski definition) is 3. The van der Waals surface area contributed by atoms with Gasteiger partial charge in [0.15, 0.2) is 0 Å². The molecular formula is C12H23N3O2. The predicted octanol–water partition coefficient (Wildman–Crippen LogP) is -0.151. The van der Waals surface area contributed by atoms with Gasteiger partial charge in [-0.05, 0) is 38.1 Å². The fourth-order valence-electron chi connectivity index (χ4n) is 3.20. The Kier molecular flexibility index (Phi) is 4.36. The van der Waals surface area contributed by atoms with Crippen molar-refractivity contribution in [1.29, 1.82) is 0 Å². The number of nitrogens with two attached hydrogens (primary N) is 1. The summed E-state index contributed by atoms with van der Waals surface area (Å²) < 4.78 is 0. The average molecular weight is 241 g/mol. The summed E-state index contributed by atoms with van der Waals surface area (Å²) in [4.78, 5) is 13.4. The Morgan fingerprint density at radius 3 is 2.88 bits per heavy atom. The van der Waals surface area contributed by atoms with Crippen molar-refractivity contribution in [1.82, 2.24) is 10.3 Å². The van der Waals surface area contributed by atoms with Crippen LogP contribution in [0.15, 0.2) is 0 Å². The third-order valence-corrected chi connectivity index (χ3v) is 4.18. The second-order valence-electron chi connectivity index (χ2n) is 5.35. The zero-order valence-electron chi connectivity index (χ0n) is 10.3. The van der Waals surface area contributed by atoms with Gasteiger partial charge in [0.05, 0.1) is 6.10 Å². The lowest BCUT2D eigenvalue weighted by atomic mass is 10.00. The molecule has 4 N–H and O–H groups in total. The fourth-order valence-corrected chi connectivity index (χ4v) is 3.20. The highest BCUT2D eigenvalue weighted by Crippen LogP contribution is 2.37. The van der Waals surface area contributed by atoms with Crippen LogP contribution in [0.4, 0.5) is 0 Å². The molecule has 2 rings (SSSR count). The monoisotopic (exact) mass is 241 g/mol. The number of aliphatic hydroxyl groups excluding tert-OH is 1. The summed E-state index contributed by atoms with van der Waals surface area (Å²) in [5.74, 6) is 6.14. The van der Waals surface area contributed by atoms with E-state index in [1.54, 1.807) is 0 Å². The first kappa shape index (κ1) is 12.8. The van der Waals surface area contributed by atoms with Crippen molar-refractivity contribution in [3.05, 3.63) is 0 Å². The Hall–Kier alpha value is -0.650. The standard InChI is InChI=1S/C12H23N3O2/c13-14-12(17)3-1-2-6-15-7-9-4-5-11(16)10(9)8-15/h9-11,16H,1-8,13H2,(H,14,17). The van der Waals surface area contributed by atoms with Gasteiger partial charge in [0.25, 0.3) is 0 Å². The van der Waals surface area contributed by atoms with E-state index in [2.05, 4.69) is 10.3 Å². The van der Waals surface area contributed by atoms with Gasteiger partial charge < -0.3 is 10.0 Å². The van der Waals surface area contributed by atoms with Crippen LogP contribution in [-0.4, -0.2) is 41.7 Å². The van der Waals surface area contributed by atoms with Gasteiger partial charge in [0.2, 0.25) is 5.91 Å². The Morgan fingerprint density at radius 1 is 1.35 bits per heavy atom. The smallest absolute Gasteiger partial charge is 0.233 e. The molecule has 1 heterocycles. The van der Waals surface area contributed by atoms with Gasteiger partial charge in [0.1, 0.15) is 0 Å². The molecule has 0 radical (unpaired) electrons. The Labute approximate surface area is 102 Å². The van der Waals surface area contributed by atoms with E-state index < -0.39 is 0 Å². The van der Waals surface area contributed by atoms with Crippen molar-refractivity contribution in [2.45, 2.75) is 38.2 Å². The van der Waals surface area contributed by atoms with Crippen LogP contribution in [-0.2, 0) is 4.79 Å². The first-order valence-corrected chi connectivity index (χ1v) is 6.60.